The van der Waals surface area contributed by atoms with Gasteiger partial charge >= 0.3 is 5.97 Å². The number of anilines is 3. The molecular weight excluding hydrogens is 793 g/mol. The Bertz CT molecular complexity index is 2560. The molecule has 0 aromatic heterocycles. The highest BCUT2D eigenvalue weighted by atomic mass is 16.6. The van der Waals surface area contributed by atoms with Crippen molar-refractivity contribution in [3.8, 4) is 17.6 Å². The summed E-state index contributed by atoms with van der Waals surface area (Å²) in [5.41, 5.74) is 2.42. The van der Waals surface area contributed by atoms with Crippen LogP contribution < -0.4 is 15.5 Å². The van der Waals surface area contributed by atoms with Crippen LogP contribution in [0.3, 0.4) is 0 Å². The van der Waals surface area contributed by atoms with Crippen LogP contribution in [0.25, 0.3) is 0 Å². The number of rotatable bonds is 6. The standard InChI is InChI=1S/C52H50N4O7/c57-40-22-16-37(17-23-40)47-52(41-33-34(15-24-42(41)54-50(52)60)25-28-51(61)26-9-1-2-10-27-51)43(48(58)53-38-18-20-39(21-19-38)55-29-31-62-32-30-55)45-49(59)63-46(36-13-7-4-8-14-36)44(56(45)47)35-11-5-3-6-12-35/h3-8,11-24,33,43-47,57,61H,1-2,9-10,26-27,29-32H2,(H,53,58)(H,54,60). The number of hydrogen-bond donors (Lipinski definition) is 4. The maximum Gasteiger partial charge on any atom is 0.324 e. The van der Waals surface area contributed by atoms with Gasteiger partial charge in [0, 0.05) is 35.7 Å². The molecule has 11 heteroatoms. The quantitative estimate of drug-likeness (QED) is 0.0774. The number of carbonyl (C=O) groups excluding carboxylic acids is 3. The normalized spacial score (nSPS) is 26.4. The Kier molecular flexibility index (Phi) is 10.8. The van der Waals surface area contributed by atoms with E-state index >= 15 is 14.4 Å². The largest absolute Gasteiger partial charge is 0.508 e. The Morgan fingerprint density at radius 1 is 0.762 bits per heavy atom. The van der Waals surface area contributed by atoms with E-state index in [9.17, 15) is 10.2 Å². The van der Waals surface area contributed by atoms with E-state index in [4.69, 9.17) is 9.47 Å². The molecule has 4 N–H and O–H groups in total. The van der Waals surface area contributed by atoms with Gasteiger partial charge in [-0.15, -0.1) is 0 Å². The first-order chi connectivity index (χ1) is 30.7. The molecule has 11 nitrogen and oxygen atoms in total. The van der Waals surface area contributed by atoms with Crippen LogP contribution in [-0.4, -0.2) is 70.8 Å². The van der Waals surface area contributed by atoms with E-state index in [1.165, 1.54) is 0 Å². The molecular formula is C52H50N4O7. The minimum atomic E-state index is -1.73. The maximum atomic E-state index is 15.6. The summed E-state index contributed by atoms with van der Waals surface area (Å²) in [6, 6.07) is 36.1. The summed E-state index contributed by atoms with van der Waals surface area (Å²) in [6.07, 6.45) is 4.22. The minimum absolute atomic E-state index is 0.0299. The number of morpholine rings is 2. The van der Waals surface area contributed by atoms with Crippen LogP contribution in [0.2, 0.25) is 0 Å². The second-order valence-corrected chi connectivity index (χ2v) is 17.4. The SMILES string of the molecule is O=C1OC(c2ccccc2)C(c2ccccc2)N2C1C(C(=O)Nc1ccc(N3CCOCC3)cc1)C1(C(=O)Nc3ccc(C#CC4(O)CCCCCC4)cc31)C2c1ccc(O)cc1. The second kappa shape index (κ2) is 16.7. The Balaban J connectivity index is 1.18. The Labute approximate surface area is 367 Å². The van der Waals surface area contributed by atoms with E-state index in [0.29, 0.717) is 54.1 Å². The Hall–Kier alpha value is -6.45. The van der Waals surface area contributed by atoms with Gasteiger partial charge in [0.2, 0.25) is 11.8 Å². The van der Waals surface area contributed by atoms with Gasteiger partial charge in [0.25, 0.3) is 0 Å². The van der Waals surface area contributed by atoms with Crippen LogP contribution >= 0.6 is 0 Å². The van der Waals surface area contributed by atoms with Crippen LogP contribution in [0.15, 0.2) is 127 Å². The van der Waals surface area contributed by atoms with E-state index in [1.54, 1.807) is 30.3 Å². The van der Waals surface area contributed by atoms with Crippen LogP contribution in [0.5, 0.6) is 5.75 Å². The zero-order valence-electron chi connectivity index (χ0n) is 34.9. The molecule has 2 amide bonds. The van der Waals surface area contributed by atoms with Gasteiger partial charge < -0.3 is 35.2 Å². The molecule has 4 heterocycles. The molecule has 4 fully saturated rings. The van der Waals surface area contributed by atoms with E-state index in [2.05, 4.69) is 27.4 Å². The molecule has 63 heavy (non-hydrogen) atoms. The fourth-order valence-corrected chi connectivity index (χ4v) is 10.8. The summed E-state index contributed by atoms with van der Waals surface area (Å²) in [4.78, 5) is 50.5. The summed E-state index contributed by atoms with van der Waals surface area (Å²) in [5.74, 6) is 3.53. The first-order valence-electron chi connectivity index (χ1n) is 22.1. The number of phenols is 1. The van der Waals surface area contributed by atoms with Crippen LogP contribution in [0.1, 0.15) is 84.5 Å². The summed E-state index contributed by atoms with van der Waals surface area (Å²) in [6.45, 7) is 2.76. The van der Waals surface area contributed by atoms with Crippen molar-refractivity contribution < 1.29 is 34.1 Å². The molecule has 1 spiro atoms. The summed E-state index contributed by atoms with van der Waals surface area (Å²) in [7, 11) is 0. The van der Waals surface area contributed by atoms with E-state index in [-0.39, 0.29) is 5.75 Å². The average Bonchev–Trinajstić information content (AvgIpc) is 3.68. The highest BCUT2D eigenvalue weighted by Crippen LogP contribution is 2.65. The van der Waals surface area contributed by atoms with Gasteiger partial charge in [0.05, 0.1) is 31.2 Å². The minimum Gasteiger partial charge on any atom is -0.508 e. The van der Waals surface area contributed by atoms with E-state index < -0.39 is 58.9 Å². The smallest absolute Gasteiger partial charge is 0.324 e. The number of cyclic esters (lactones) is 1. The first kappa shape index (κ1) is 40.6. The fourth-order valence-electron chi connectivity index (χ4n) is 10.8. The monoisotopic (exact) mass is 842 g/mol. The summed E-state index contributed by atoms with van der Waals surface area (Å²) < 4.78 is 12.1. The number of esters is 1. The van der Waals surface area contributed by atoms with Crippen molar-refractivity contribution in [2.75, 3.05) is 41.8 Å². The molecule has 5 aliphatic rings. The van der Waals surface area contributed by atoms with Crippen LogP contribution in [0, 0.1) is 17.8 Å². The third-order valence-corrected chi connectivity index (χ3v) is 13.7. The van der Waals surface area contributed by atoms with Crippen molar-refractivity contribution in [2.24, 2.45) is 5.92 Å². The van der Waals surface area contributed by atoms with Crippen LogP contribution in [-0.2, 0) is 29.3 Å². The van der Waals surface area contributed by atoms with Crippen molar-refractivity contribution in [1.29, 1.82) is 0 Å². The summed E-state index contributed by atoms with van der Waals surface area (Å²) >= 11 is 0. The van der Waals surface area contributed by atoms with Gasteiger partial charge in [-0.25, -0.2) is 0 Å². The fraction of sp³-hybridized carbons (Fsp3) is 0.327. The first-order valence-corrected chi connectivity index (χ1v) is 22.1. The number of carbonyl (C=O) groups is 3. The lowest BCUT2D eigenvalue weighted by Crippen LogP contribution is -2.53. The maximum absolute atomic E-state index is 15.6. The number of hydrogen-bond acceptors (Lipinski definition) is 9. The lowest BCUT2D eigenvalue weighted by molar-refractivity contribution is -0.177. The zero-order valence-corrected chi connectivity index (χ0v) is 34.9. The number of aliphatic hydroxyl groups is 1. The van der Waals surface area contributed by atoms with E-state index in [1.807, 2.05) is 102 Å². The molecule has 1 aliphatic carbocycles. The summed E-state index contributed by atoms with van der Waals surface area (Å²) in [5, 5.41) is 28.5. The molecule has 1 saturated carbocycles. The number of phenolic OH excluding ortho intramolecular Hbond substituents is 1. The molecule has 10 rings (SSSR count). The lowest BCUT2D eigenvalue weighted by atomic mass is 9.65. The molecule has 5 aromatic carbocycles. The van der Waals surface area contributed by atoms with Crippen molar-refractivity contribution in [3.63, 3.8) is 0 Å². The number of fused-ring (bicyclic) bond motifs is 3. The Morgan fingerprint density at radius 3 is 2.11 bits per heavy atom. The molecule has 3 saturated heterocycles. The van der Waals surface area contributed by atoms with Gasteiger partial charge in [-0.3, -0.25) is 19.3 Å². The third kappa shape index (κ3) is 7.32. The molecule has 4 aliphatic heterocycles. The predicted octanol–water partition coefficient (Wildman–Crippen LogP) is 7.58. The number of ether oxygens (including phenoxy) is 2. The number of benzene rings is 5. The van der Waals surface area contributed by atoms with Crippen molar-refractivity contribution in [2.45, 2.75) is 73.8 Å². The molecule has 5 aromatic rings. The highest BCUT2D eigenvalue weighted by molar-refractivity contribution is 6.13. The second-order valence-electron chi connectivity index (χ2n) is 17.4. The van der Waals surface area contributed by atoms with Gasteiger partial charge in [-0.1, -0.05) is 97.5 Å². The van der Waals surface area contributed by atoms with E-state index in [0.717, 1.165) is 55.6 Å². The molecule has 0 radical (unpaired) electrons. The van der Waals surface area contributed by atoms with Gasteiger partial charge in [0.1, 0.15) is 28.9 Å². The number of nitrogens with zero attached hydrogens (tertiary/aromatic N) is 2. The highest BCUT2D eigenvalue weighted by Gasteiger charge is 2.74. The molecule has 6 atom stereocenters. The number of amides is 2. The Morgan fingerprint density at radius 2 is 1.43 bits per heavy atom. The number of aromatic hydroxyl groups is 1. The van der Waals surface area contributed by atoms with Gasteiger partial charge in [-0.2, -0.15) is 0 Å². The zero-order chi connectivity index (χ0) is 43.1. The molecule has 6 unspecified atom stereocenters. The van der Waals surface area contributed by atoms with Crippen molar-refractivity contribution in [1.82, 2.24) is 4.90 Å². The van der Waals surface area contributed by atoms with Crippen LogP contribution in [0.4, 0.5) is 17.1 Å². The van der Waals surface area contributed by atoms with Crippen molar-refractivity contribution in [3.05, 3.63) is 155 Å². The van der Waals surface area contributed by atoms with Gasteiger partial charge in [-0.05, 0) is 103 Å². The van der Waals surface area contributed by atoms with Gasteiger partial charge in [0.15, 0.2) is 0 Å². The number of nitrogens with one attached hydrogen (secondary N) is 2. The topological polar surface area (TPSA) is 141 Å². The van der Waals surface area contributed by atoms with Crippen molar-refractivity contribution >= 4 is 34.8 Å². The predicted molar refractivity (Wildman–Crippen MR) is 239 cm³/mol. The third-order valence-electron chi connectivity index (χ3n) is 13.7. The lowest BCUT2D eigenvalue weighted by Gasteiger charge is -2.46. The average molecular weight is 843 g/mol. The molecule has 0 bridgehead atoms. The molecule has 320 valence electrons.